The first kappa shape index (κ1) is 32.1. The standard InChI is InChI=1S/2C18H13BF2N4/c2*20-14-9-6-10-15(21)17(14)19-23-18(16-11-4-5-12-22-16)24-25(19)13-7-2-1-3-8-13/h2*1-12H,(H,23,24). The van der Waals surface area contributed by atoms with Crippen LogP contribution in [0, 0.1) is 23.3 Å². The molecule has 2 aromatic heterocycles. The number of hydrogen-bond acceptors (Lipinski definition) is 8. The minimum Gasteiger partial charge on any atom is -0.300 e. The zero-order valence-electron chi connectivity index (χ0n) is 26.2. The van der Waals surface area contributed by atoms with Gasteiger partial charge in [-0.05, 0) is 72.8 Å². The summed E-state index contributed by atoms with van der Waals surface area (Å²) in [7, 11) is 0. The Hall–Kier alpha value is -6.43. The molecule has 2 N–H and O–H groups in total. The van der Waals surface area contributed by atoms with E-state index >= 15 is 0 Å². The lowest BCUT2D eigenvalue weighted by atomic mass is 9.67. The maximum atomic E-state index is 14.3. The molecule has 0 radical (unpaired) electrons. The molecule has 0 spiro atoms. The number of rotatable bonds is 6. The molecule has 0 amide bonds. The van der Waals surface area contributed by atoms with E-state index in [-0.39, 0.29) is 10.9 Å². The maximum absolute atomic E-state index is 14.3. The van der Waals surface area contributed by atoms with Crippen LogP contribution in [0.5, 0.6) is 0 Å². The Labute approximate surface area is 286 Å². The van der Waals surface area contributed by atoms with Gasteiger partial charge in [-0.15, -0.1) is 0 Å². The molecule has 50 heavy (non-hydrogen) atoms. The third-order valence-corrected chi connectivity index (χ3v) is 7.84. The van der Waals surface area contributed by atoms with Crippen molar-refractivity contribution < 1.29 is 17.6 Å². The number of anilines is 2. The monoisotopic (exact) mass is 668 g/mol. The Kier molecular flexibility index (Phi) is 9.23. The van der Waals surface area contributed by atoms with Crippen LogP contribution in [0.3, 0.4) is 0 Å². The van der Waals surface area contributed by atoms with E-state index in [4.69, 9.17) is 0 Å². The molecule has 0 saturated heterocycles. The van der Waals surface area contributed by atoms with E-state index in [1.54, 1.807) is 46.5 Å². The first-order chi connectivity index (χ1) is 24.5. The van der Waals surface area contributed by atoms with E-state index < -0.39 is 37.2 Å². The summed E-state index contributed by atoms with van der Waals surface area (Å²) in [6.45, 7) is -1.75. The smallest absolute Gasteiger partial charge is 0.300 e. The molecule has 0 atom stereocenters. The third kappa shape index (κ3) is 6.63. The van der Waals surface area contributed by atoms with Crippen molar-refractivity contribution in [3.8, 4) is 0 Å². The molecule has 8 rings (SSSR count). The molecular weight excluding hydrogens is 642 g/mol. The number of nitrogens with one attached hydrogen (secondary N) is 2. The predicted molar refractivity (Wildman–Crippen MR) is 189 cm³/mol. The Morgan fingerprint density at radius 3 is 1.12 bits per heavy atom. The Morgan fingerprint density at radius 2 is 0.780 bits per heavy atom. The molecule has 2 aliphatic rings. The molecule has 4 aromatic carbocycles. The van der Waals surface area contributed by atoms with Gasteiger partial charge in [0, 0.05) is 34.7 Å². The number of amidine groups is 2. The topological polar surface area (TPSA) is 81.0 Å². The van der Waals surface area contributed by atoms with E-state index in [0.29, 0.717) is 23.1 Å². The number of benzene rings is 4. The average Bonchev–Trinajstić information content (AvgIpc) is 3.79. The lowest BCUT2D eigenvalue weighted by Crippen LogP contribution is -2.52. The molecule has 6 aromatic rings. The van der Waals surface area contributed by atoms with E-state index in [0.717, 1.165) is 11.4 Å². The highest BCUT2D eigenvalue weighted by Gasteiger charge is 2.39. The molecule has 0 aliphatic carbocycles. The number of hydrogen-bond donors (Lipinski definition) is 2. The molecular formula is C36H26B2F4N8. The number of nitrogens with zero attached hydrogens (tertiary/aromatic N) is 6. The summed E-state index contributed by atoms with van der Waals surface area (Å²) in [6, 6.07) is 37.0. The lowest BCUT2D eigenvalue weighted by Gasteiger charge is -2.24. The summed E-state index contributed by atoms with van der Waals surface area (Å²) in [5.41, 5.74) is 8.70. The number of halogens is 4. The van der Waals surface area contributed by atoms with Gasteiger partial charge in [0.05, 0.1) is 0 Å². The van der Waals surface area contributed by atoms with Gasteiger partial charge in [0.15, 0.2) is 11.7 Å². The van der Waals surface area contributed by atoms with Gasteiger partial charge in [-0.2, -0.15) is 0 Å². The lowest BCUT2D eigenvalue weighted by molar-refractivity contribution is 0.595. The van der Waals surface area contributed by atoms with Gasteiger partial charge in [-0.1, -0.05) is 60.7 Å². The van der Waals surface area contributed by atoms with Crippen LogP contribution in [0.1, 0.15) is 11.4 Å². The molecule has 14 heteroatoms. The van der Waals surface area contributed by atoms with Gasteiger partial charge in [0.2, 0.25) is 0 Å². The predicted octanol–water partition coefficient (Wildman–Crippen LogP) is 5.05. The van der Waals surface area contributed by atoms with Crippen molar-refractivity contribution in [2.75, 3.05) is 9.84 Å². The van der Waals surface area contributed by atoms with E-state index in [2.05, 4.69) is 30.6 Å². The van der Waals surface area contributed by atoms with Crippen LogP contribution in [0.4, 0.5) is 28.9 Å². The maximum Gasteiger partial charge on any atom is 0.457 e. The number of pyridine rings is 2. The van der Waals surface area contributed by atoms with Crippen molar-refractivity contribution >= 4 is 47.9 Å². The zero-order chi connectivity index (χ0) is 34.5. The van der Waals surface area contributed by atoms with Crippen molar-refractivity contribution in [2.24, 2.45) is 9.81 Å². The summed E-state index contributed by atoms with van der Waals surface area (Å²) in [6.07, 6.45) is 3.28. The Bertz CT molecular complexity index is 1950. The highest BCUT2D eigenvalue weighted by molar-refractivity contribution is 6.78. The fraction of sp³-hybridized carbons (Fsp3) is 0. The molecule has 244 valence electrons. The fourth-order valence-electron chi connectivity index (χ4n) is 5.51. The molecule has 4 heterocycles. The minimum absolute atomic E-state index is 0.107. The van der Waals surface area contributed by atoms with Gasteiger partial charge in [-0.3, -0.25) is 30.6 Å². The Balaban J connectivity index is 0.000000157. The van der Waals surface area contributed by atoms with Gasteiger partial charge in [0.25, 0.3) is 0 Å². The van der Waals surface area contributed by atoms with Gasteiger partial charge < -0.3 is 9.84 Å². The number of aromatic nitrogens is 2. The van der Waals surface area contributed by atoms with Crippen LogP contribution >= 0.6 is 0 Å². The van der Waals surface area contributed by atoms with Crippen molar-refractivity contribution in [1.82, 2.24) is 20.8 Å². The summed E-state index contributed by atoms with van der Waals surface area (Å²) in [5, 5.41) is 0. The second-order valence-corrected chi connectivity index (χ2v) is 11.0. The molecule has 0 unspecified atom stereocenters. The highest BCUT2D eigenvalue weighted by Crippen LogP contribution is 2.21. The Morgan fingerprint density at radius 1 is 0.420 bits per heavy atom. The number of para-hydroxylation sites is 2. The van der Waals surface area contributed by atoms with Crippen molar-refractivity contribution in [3.05, 3.63) is 181 Å². The quantitative estimate of drug-likeness (QED) is 0.191. The second kappa shape index (κ2) is 14.4. The molecule has 0 saturated carbocycles. The van der Waals surface area contributed by atoms with Crippen LogP contribution in [0.25, 0.3) is 0 Å². The van der Waals surface area contributed by atoms with Crippen LogP contribution in [0.15, 0.2) is 156 Å². The summed E-state index contributed by atoms with van der Waals surface area (Å²) in [4.78, 5) is 20.8. The molecule has 0 fully saturated rings. The van der Waals surface area contributed by atoms with Crippen LogP contribution in [-0.2, 0) is 0 Å². The van der Waals surface area contributed by atoms with Crippen molar-refractivity contribution in [1.29, 1.82) is 0 Å². The van der Waals surface area contributed by atoms with Crippen LogP contribution in [-0.4, -0.2) is 35.6 Å². The van der Waals surface area contributed by atoms with E-state index in [1.807, 2.05) is 72.8 Å². The van der Waals surface area contributed by atoms with Gasteiger partial charge in [0.1, 0.15) is 34.7 Å². The third-order valence-electron chi connectivity index (χ3n) is 7.84. The van der Waals surface area contributed by atoms with Crippen LogP contribution in [0.2, 0.25) is 0 Å². The van der Waals surface area contributed by atoms with E-state index in [9.17, 15) is 17.6 Å². The molecule has 0 bridgehead atoms. The first-order valence-corrected chi connectivity index (χ1v) is 15.6. The normalized spacial score (nSPS) is 13.6. The molecule has 8 nitrogen and oxygen atoms in total. The highest BCUT2D eigenvalue weighted by atomic mass is 19.1. The summed E-state index contributed by atoms with van der Waals surface area (Å²) >= 11 is 0. The van der Waals surface area contributed by atoms with Crippen LogP contribution < -0.4 is 31.6 Å². The van der Waals surface area contributed by atoms with Gasteiger partial charge in [-0.25, -0.2) is 17.6 Å². The van der Waals surface area contributed by atoms with E-state index in [1.165, 1.54) is 36.4 Å². The summed E-state index contributed by atoms with van der Waals surface area (Å²) in [5.74, 6) is -1.65. The minimum atomic E-state index is -0.874. The van der Waals surface area contributed by atoms with Crippen molar-refractivity contribution in [3.63, 3.8) is 0 Å². The number of hydrazine groups is 2. The largest absolute Gasteiger partial charge is 0.457 e. The first-order valence-electron chi connectivity index (χ1n) is 15.6. The van der Waals surface area contributed by atoms with Gasteiger partial charge >= 0.3 is 14.0 Å². The summed E-state index contributed by atoms with van der Waals surface area (Å²) < 4.78 is 57.4. The SMILES string of the molecule is Fc1cccc(F)c1B1N=C(c2ccccn2)NN1c1ccccc1.Fc1cccc(F)c1B1N=C(c2ccccn2)NN1c1ccccc1. The molecule has 2 aliphatic heterocycles. The zero-order valence-corrected chi connectivity index (χ0v) is 26.2. The van der Waals surface area contributed by atoms with Crippen molar-refractivity contribution in [2.45, 2.75) is 0 Å². The average molecular weight is 668 g/mol. The second-order valence-electron chi connectivity index (χ2n) is 11.0. The fourth-order valence-corrected chi connectivity index (χ4v) is 5.51.